The van der Waals surface area contributed by atoms with Gasteiger partial charge in [-0.25, -0.2) is 4.98 Å². The number of carbonyl (C=O) groups is 1. The summed E-state index contributed by atoms with van der Waals surface area (Å²) in [5.41, 5.74) is 0.198. The SMILES string of the molecule is COCc1cc(C(=O)Nc2ncc(Br)s2)no1. The molecule has 0 aromatic carbocycles. The second-order valence-electron chi connectivity index (χ2n) is 3.04. The lowest BCUT2D eigenvalue weighted by atomic mass is 10.3. The Morgan fingerprint density at radius 3 is 3.18 bits per heavy atom. The zero-order valence-electron chi connectivity index (χ0n) is 8.77. The van der Waals surface area contributed by atoms with Crippen LogP contribution in [0.5, 0.6) is 0 Å². The van der Waals surface area contributed by atoms with Gasteiger partial charge in [0.2, 0.25) is 0 Å². The second-order valence-corrected chi connectivity index (χ2v) is 5.45. The van der Waals surface area contributed by atoms with Crippen LogP contribution in [0.2, 0.25) is 0 Å². The van der Waals surface area contributed by atoms with Crippen molar-refractivity contribution in [2.45, 2.75) is 6.61 Å². The molecule has 0 saturated carbocycles. The third-order valence-electron chi connectivity index (χ3n) is 1.78. The molecule has 0 unspecified atom stereocenters. The van der Waals surface area contributed by atoms with Gasteiger partial charge >= 0.3 is 0 Å². The van der Waals surface area contributed by atoms with E-state index in [4.69, 9.17) is 9.26 Å². The summed E-state index contributed by atoms with van der Waals surface area (Å²) in [4.78, 5) is 15.7. The van der Waals surface area contributed by atoms with E-state index >= 15 is 0 Å². The third kappa shape index (κ3) is 3.11. The van der Waals surface area contributed by atoms with Crippen molar-refractivity contribution in [2.75, 3.05) is 12.4 Å². The van der Waals surface area contributed by atoms with Crippen molar-refractivity contribution in [1.82, 2.24) is 10.1 Å². The molecule has 6 nitrogen and oxygen atoms in total. The maximum Gasteiger partial charge on any atom is 0.279 e. The Morgan fingerprint density at radius 1 is 1.71 bits per heavy atom. The van der Waals surface area contributed by atoms with Gasteiger partial charge in [-0.2, -0.15) is 0 Å². The lowest BCUT2D eigenvalue weighted by Crippen LogP contribution is -2.11. The Balaban J connectivity index is 2.03. The summed E-state index contributed by atoms with van der Waals surface area (Å²) in [6.07, 6.45) is 1.61. The summed E-state index contributed by atoms with van der Waals surface area (Å²) in [6, 6.07) is 1.53. The topological polar surface area (TPSA) is 77.2 Å². The number of anilines is 1. The number of halogens is 1. The zero-order chi connectivity index (χ0) is 12.3. The van der Waals surface area contributed by atoms with Crippen molar-refractivity contribution in [2.24, 2.45) is 0 Å². The molecule has 17 heavy (non-hydrogen) atoms. The van der Waals surface area contributed by atoms with E-state index in [1.807, 2.05) is 0 Å². The van der Waals surface area contributed by atoms with Crippen LogP contribution in [0.15, 0.2) is 20.6 Å². The minimum absolute atomic E-state index is 0.198. The highest BCUT2D eigenvalue weighted by atomic mass is 79.9. The molecule has 8 heteroatoms. The average molecular weight is 318 g/mol. The summed E-state index contributed by atoms with van der Waals surface area (Å²) in [5.74, 6) is 0.135. The van der Waals surface area contributed by atoms with Gasteiger partial charge in [-0.3, -0.25) is 10.1 Å². The van der Waals surface area contributed by atoms with Gasteiger partial charge in [0.25, 0.3) is 5.91 Å². The number of hydrogen-bond donors (Lipinski definition) is 1. The van der Waals surface area contributed by atoms with E-state index in [2.05, 4.69) is 31.4 Å². The molecule has 2 heterocycles. The standard InChI is InChI=1S/C9H8BrN3O3S/c1-15-4-5-2-6(13-16-5)8(14)12-9-11-3-7(10)17-9/h2-3H,4H2,1H3,(H,11,12,14). The van der Waals surface area contributed by atoms with E-state index in [0.717, 1.165) is 3.79 Å². The number of methoxy groups -OCH3 is 1. The van der Waals surface area contributed by atoms with Gasteiger partial charge in [-0.15, -0.1) is 0 Å². The summed E-state index contributed by atoms with van der Waals surface area (Å²) >= 11 is 4.58. The summed E-state index contributed by atoms with van der Waals surface area (Å²) in [7, 11) is 1.54. The van der Waals surface area contributed by atoms with E-state index in [1.165, 1.54) is 24.5 Å². The Kier molecular flexibility index (Phi) is 3.87. The molecule has 90 valence electrons. The van der Waals surface area contributed by atoms with Gasteiger partial charge in [-0.1, -0.05) is 16.5 Å². The van der Waals surface area contributed by atoms with Crippen molar-refractivity contribution in [3.8, 4) is 0 Å². The Bertz CT molecular complexity index is 525. The maximum absolute atomic E-state index is 11.7. The number of rotatable bonds is 4. The van der Waals surface area contributed by atoms with Crippen LogP contribution in [0.1, 0.15) is 16.2 Å². The number of amides is 1. The van der Waals surface area contributed by atoms with Crippen LogP contribution >= 0.6 is 27.3 Å². The maximum atomic E-state index is 11.7. The van der Waals surface area contributed by atoms with Crippen LogP contribution in [-0.2, 0) is 11.3 Å². The highest BCUT2D eigenvalue weighted by Crippen LogP contribution is 2.23. The number of hydrogen-bond acceptors (Lipinski definition) is 6. The molecule has 1 N–H and O–H groups in total. The van der Waals surface area contributed by atoms with Crippen LogP contribution in [0, 0.1) is 0 Å². The highest BCUT2D eigenvalue weighted by Gasteiger charge is 2.14. The monoisotopic (exact) mass is 317 g/mol. The third-order valence-corrected chi connectivity index (χ3v) is 3.17. The van der Waals surface area contributed by atoms with Crippen molar-refractivity contribution in [3.05, 3.63) is 27.5 Å². The molecule has 0 radical (unpaired) electrons. The van der Waals surface area contributed by atoms with Crippen molar-refractivity contribution < 1.29 is 14.1 Å². The molecule has 0 saturated heterocycles. The molecule has 2 rings (SSSR count). The minimum atomic E-state index is -0.363. The summed E-state index contributed by atoms with van der Waals surface area (Å²) < 4.78 is 10.6. The molecule has 0 spiro atoms. The number of ether oxygens (including phenoxy) is 1. The minimum Gasteiger partial charge on any atom is -0.377 e. The number of aromatic nitrogens is 2. The highest BCUT2D eigenvalue weighted by molar-refractivity contribution is 9.11. The zero-order valence-corrected chi connectivity index (χ0v) is 11.2. The van der Waals surface area contributed by atoms with E-state index in [-0.39, 0.29) is 18.2 Å². The van der Waals surface area contributed by atoms with Crippen molar-refractivity contribution >= 4 is 38.3 Å². The fourth-order valence-electron chi connectivity index (χ4n) is 1.10. The van der Waals surface area contributed by atoms with Crippen LogP contribution in [0.25, 0.3) is 0 Å². The van der Waals surface area contributed by atoms with E-state index in [0.29, 0.717) is 10.9 Å². The quantitative estimate of drug-likeness (QED) is 0.936. The van der Waals surface area contributed by atoms with Gasteiger partial charge in [0.1, 0.15) is 6.61 Å². The van der Waals surface area contributed by atoms with Crippen LogP contribution in [0.4, 0.5) is 5.13 Å². The molecule has 0 bridgehead atoms. The first-order valence-electron chi connectivity index (χ1n) is 4.56. The van der Waals surface area contributed by atoms with Crippen LogP contribution in [-0.4, -0.2) is 23.2 Å². The number of thiazole rings is 1. The first-order chi connectivity index (χ1) is 8.19. The number of carbonyl (C=O) groups excluding carboxylic acids is 1. The molecule has 0 aliphatic rings. The van der Waals surface area contributed by atoms with Crippen LogP contribution < -0.4 is 5.32 Å². The van der Waals surface area contributed by atoms with Crippen molar-refractivity contribution in [1.29, 1.82) is 0 Å². The first kappa shape index (κ1) is 12.2. The van der Waals surface area contributed by atoms with Gasteiger partial charge in [-0.05, 0) is 15.9 Å². The number of nitrogens with zero attached hydrogens (tertiary/aromatic N) is 2. The molecule has 1 amide bonds. The largest absolute Gasteiger partial charge is 0.377 e. The Hall–Kier alpha value is -1.25. The van der Waals surface area contributed by atoms with Crippen molar-refractivity contribution in [3.63, 3.8) is 0 Å². The predicted octanol–water partition coefficient (Wildman–Crippen LogP) is 2.29. The predicted molar refractivity (Wildman–Crippen MR) is 65.0 cm³/mol. The van der Waals surface area contributed by atoms with E-state index in [9.17, 15) is 4.79 Å². The molecule has 0 aliphatic carbocycles. The molecular formula is C9H8BrN3O3S. The smallest absolute Gasteiger partial charge is 0.279 e. The molecule has 2 aromatic rings. The molecule has 0 atom stereocenters. The Morgan fingerprint density at radius 2 is 2.53 bits per heavy atom. The van der Waals surface area contributed by atoms with Gasteiger partial charge in [0, 0.05) is 13.2 Å². The molecule has 2 aromatic heterocycles. The van der Waals surface area contributed by atoms with Gasteiger partial charge in [0.15, 0.2) is 16.6 Å². The first-order valence-corrected chi connectivity index (χ1v) is 6.17. The Labute approximate surface area is 109 Å². The van der Waals surface area contributed by atoms with Gasteiger partial charge < -0.3 is 9.26 Å². The number of nitrogens with one attached hydrogen (secondary N) is 1. The van der Waals surface area contributed by atoms with Gasteiger partial charge in [0.05, 0.1) is 9.98 Å². The second kappa shape index (κ2) is 5.39. The molecule has 0 aliphatic heterocycles. The molecule has 0 fully saturated rings. The van der Waals surface area contributed by atoms with E-state index < -0.39 is 0 Å². The fourth-order valence-corrected chi connectivity index (χ4v) is 2.21. The average Bonchev–Trinajstić information content (AvgIpc) is 2.88. The summed E-state index contributed by atoms with van der Waals surface area (Å²) in [5, 5.41) is 6.74. The van der Waals surface area contributed by atoms with Crippen LogP contribution in [0.3, 0.4) is 0 Å². The fraction of sp³-hybridized carbons (Fsp3) is 0.222. The molecular weight excluding hydrogens is 310 g/mol. The summed E-state index contributed by atoms with van der Waals surface area (Å²) in [6.45, 7) is 0.281. The van der Waals surface area contributed by atoms with E-state index in [1.54, 1.807) is 6.20 Å². The normalized spacial score (nSPS) is 10.5. The lowest BCUT2D eigenvalue weighted by Gasteiger charge is -1.95. The lowest BCUT2D eigenvalue weighted by molar-refractivity contribution is 0.101.